The fourth-order valence-electron chi connectivity index (χ4n) is 2.73. The molecule has 4 rings (SSSR count). The van der Waals surface area contributed by atoms with Gasteiger partial charge in [0.25, 0.3) is 11.1 Å². The number of hydrogen-bond donors (Lipinski definition) is 0. The van der Waals surface area contributed by atoms with E-state index >= 15 is 0 Å². The minimum atomic E-state index is -0.465. The van der Waals surface area contributed by atoms with E-state index in [0.717, 1.165) is 5.56 Å². The highest BCUT2D eigenvalue weighted by Gasteiger charge is 2.27. The van der Waals surface area contributed by atoms with Crippen molar-refractivity contribution in [3.63, 3.8) is 0 Å². The smallest absolute Gasteiger partial charge is 0.277 e. The van der Waals surface area contributed by atoms with Crippen molar-refractivity contribution < 1.29 is 18.7 Å². The molecule has 28 heavy (non-hydrogen) atoms. The Morgan fingerprint density at radius 1 is 1.11 bits per heavy atom. The number of fused-ring (bicyclic) bond motifs is 1. The Hall–Kier alpha value is -3.00. The molecule has 0 N–H and O–H groups in total. The van der Waals surface area contributed by atoms with Crippen LogP contribution in [0.15, 0.2) is 64.2 Å². The maximum absolute atomic E-state index is 12.3. The average molecular weight is 397 g/mol. The first-order valence-corrected chi connectivity index (χ1v) is 9.80. The highest BCUT2D eigenvalue weighted by atomic mass is 32.2. The van der Waals surface area contributed by atoms with Gasteiger partial charge in [-0.15, -0.1) is 10.2 Å². The third-order valence-corrected chi connectivity index (χ3v) is 5.02. The Balaban J connectivity index is 1.31. The normalized spacial score (nSPS) is 15.2. The molecule has 1 aromatic heterocycles. The standard InChI is InChI=1S/C20H19N3O4S/c1-23(11-14-7-3-2-4-8-14)18(24)13-28-20-22-21-19(27-20)17-12-25-15-9-5-6-10-16(15)26-17/h2-10,17H,11-13H2,1H3/t17-/m1/s1. The molecule has 1 aliphatic heterocycles. The fraction of sp³-hybridized carbons (Fsp3) is 0.250. The van der Waals surface area contributed by atoms with Crippen molar-refractivity contribution in [3.05, 3.63) is 66.1 Å². The molecule has 0 saturated heterocycles. The number of aromatic nitrogens is 2. The second-order valence-electron chi connectivity index (χ2n) is 6.29. The topological polar surface area (TPSA) is 77.7 Å². The van der Waals surface area contributed by atoms with E-state index in [1.54, 1.807) is 11.9 Å². The van der Waals surface area contributed by atoms with Gasteiger partial charge in [-0.05, 0) is 17.7 Å². The summed E-state index contributed by atoms with van der Waals surface area (Å²) in [6.07, 6.45) is -0.465. The molecule has 7 nitrogen and oxygen atoms in total. The summed E-state index contributed by atoms with van der Waals surface area (Å²) in [7, 11) is 1.78. The SMILES string of the molecule is CN(Cc1ccccc1)C(=O)CSc1nnc([C@H]2COc3ccccc3O2)o1. The van der Waals surface area contributed by atoms with Crippen molar-refractivity contribution >= 4 is 17.7 Å². The second kappa shape index (κ2) is 8.35. The van der Waals surface area contributed by atoms with Crippen LogP contribution in [0.25, 0.3) is 0 Å². The number of rotatable bonds is 6. The van der Waals surface area contributed by atoms with Crippen molar-refractivity contribution in [3.8, 4) is 11.5 Å². The number of amides is 1. The lowest BCUT2D eigenvalue weighted by atomic mass is 10.2. The van der Waals surface area contributed by atoms with Gasteiger partial charge in [-0.3, -0.25) is 4.79 Å². The van der Waals surface area contributed by atoms with Gasteiger partial charge < -0.3 is 18.8 Å². The van der Waals surface area contributed by atoms with E-state index in [1.807, 2.05) is 54.6 Å². The second-order valence-corrected chi connectivity index (χ2v) is 7.22. The molecule has 2 heterocycles. The maximum Gasteiger partial charge on any atom is 0.277 e. The molecule has 0 aliphatic carbocycles. The molecule has 144 valence electrons. The first-order valence-electron chi connectivity index (χ1n) is 8.81. The summed E-state index contributed by atoms with van der Waals surface area (Å²) in [6, 6.07) is 17.3. The minimum absolute atomic E-state index is 0.0141. The lowest BCUT2D eigenvalue weighted by molar-refractivity contribution is -0.127. The molecule has 0 saturated carbocycles. The van der Waals surface area contributed by atoms with Gasteiger partial charge >= 0.3 is 0 Å². The van der Waals surface area contributed by atoms with Crippen molar-refractivity contribution in [1.82, 2.24) is 15.1 Å². The van der Waals surface area contributed by atoms with Gasteiger partial charge in [0.1, 0.15) is 6.61 Å². The molecule has 8 heteroatoms. The average Bonchev–Trinajstić information content (AvgIpc) is 3.21. The minimum Gasteiger partial charge on any atom is -0.485 e. The summed E-state index contributed by atoms with van der Waals surface area (Å²) in [4.78, 5) is 14.0. The number of nitrogens with zero attached hydrogens (tertiary/aromatic N) is 3. The number of benzene rings is 2. The summed E-state index contributed by atoms with van der Waals surface area (Å²) in [5.74, 6) is 1.88. The monoisotopic (exact) mass is 397 g/mol. The lowest BCUT2D eigenvalue weighted by Gasteiger charge is -2.23. The number of hydrogen-bond acceptors (Lipinski definition) is 7. The van der Waals surface area contributed by atoms with Crippen molar-refractivity contribution in [2.45, 2.75) is 17.9 Å². The van der Waals surface area contributed by atoms with Crippen molar-refractivity contribution in [2.24, 2.45) is 0 Å². The van der Waals surface area contributed by atoms with Gasteiger partial charge in [0.2, 0.25) is 12.0 Å². The molecule has 0 spiro atoms. The molecule has 0 bridgehead atoms. The molecule has 1 aliphatic rings. The summed E-state index contributed by atoms with van der Waals surface area (Å²) in [5.41, 5.74) is 1.08. The van der Waals surface area contributed by atoms with Gasteiger partial charge in [-0.2, -0.15) is 0 Å². The van der Waals surface area contributed by atoms with E-state index in [2.05, 4.69) is 10.2 Å². The summed E-state index contributed by atoms with van der Waals surface area (Å²) < 4.78 is 17.2. The third-order valence-electron chi connectivity index (χ3n) is 4.21. The van der Waals surface area contributed by atoms with Gasteiger partial charge in [-0.25, -0.2) is 0 Å². The third kappa shape index (κ3) is 4.28. The molecule has 0 fully saturated rings. The molecular formula is C20H19N3O4S. The number of para-hydroxylation sites is 2. The van der Waals surface area contributed by atoms with Crippen molar-refractivity contribution in [2.75, 3.05) is 19.4 Å². The van der Waals surface area contributed by atoms with Gasteiger partial charge in [-0.1, -0.05) is 54.2 Å². The zero-order chi connectivity index (χ0) is 19.3. The van der Waals surface area contributed by atoms with Crippen LogP contribution in [0.5, 0.6) is 11.5 Å². The van der Waals surface area contributed by atoms with Gasteiger partial charge in [0, 0.05) is 13.6 Å². The lowest BCUT2D eigenvalue weighted by Crippen LogP contribution is -2.27. The van der Waals surface area contributed by atoms with E-state index in [9.17, 15) is 4.79 Å². The molecule has 0 radical (unpaired) electrons. The number of thioether (sulfide) groups is 1. The Morgan fingerprint density at radius 2 is 1.86 bits per heavy atom. The Bertz CT molecular complexity index is 947. The molecule has 2 aromatic carbocycles. The molecule has 3 aromatic rings. The summed E-state index contributed by atoms with van der Waals surface area (Å²) in [6.45, 7) is 0.851. The van der Waals surface area contributed by atoms with Crippen LogP contribution in [0.1, 0.15) is 17.6 Å². The van der Waals surface area contributed by atoms with Crippen LogP contribution >= 0.6 is 11.8 Å². The fourth-order valence-corrected chi connectivity index (χ4v) is 3.44. The van der Waals surface area contributed by atoms with E-state index < -0.39 is 6.10 Å². The molecule has 0 unspecified atom stereocenters. The van der Waals surface area contributed by atoms with Gasteiger partial charge in [0.05, 0.1) is 5.75 Å². The van der Waals surface area contributed by atoms with E-state index in [1.165, 1.54) is 11.8 Å². The quantitative estimate of drug-likeness (QED) is 0.590. The van der Waals surface area contributed by atoms with E-state index in [4.69, 9.17) is 13.9 Å². The first kappa shape index (κ1) is 18.4. The first-order chi connectivity index (χ1) is 13.7. The molecule has 1 amide bonds. The Kier molecular flexibility index (Phi) is 5.48. The molecular weight excluding hydrogens is 378 g/mol. The van der Waals surface area contributed by atoms with Crippen LogP contribution in [0.2, 0.25) is 0 Å². The Labute approximate surface area is 166 Å². The predicted molar refractivity (Wildman–Crippen MR) is 103 cm³/mol. The summed E-state index contributed by atoms with van der Waals surface area (Å²) in [5, 5.41) is 8.37. The van der Waals surface area contributed by atoms with E-state index in [-0.39, 0.29) is 11.7 Å². The number of ether oxygens (including phenoxy) is 2. The van der Waals surface area contributed by atoms with Crippen LogP contribution in [-0.4, -0.2) is 40.4 Å². The van der Waals surface area contributed by atoms with Crippen LogP contribution in [0.4, 0.5) is 0 Å². The number of carbonyl (C=O) groups is 1. The highest BCUT2D eigenvalue weighted by molar-refractivity contribution is 7.99. The highest BCUT2D eigenvalue weighted by Crippen LogP contribution is 2.35. The van der Waals surface area contributed by atoms with E-state index in [0.29, 0.717) is 35.8 Å². The summed E-state index contributed by atoms with van der Waals surface area (Å²) >= 11 is 1.21. The zero-order valence-corrected chi connectivity index (χ0v) is 16.1. The van der Waals surface area contributed by atoms with Gasteiger partial charge in [0.15, 0.2) is 11.5 Å². The number of carbonyl (C=O) groups excluding carboxylic acids is 1. The zero-order valence-electron chi connectivity index (χ0n) is 15.3. The largest absolute Gasteiger partial charge is 0.485 e. The molecule has 1 atom stereocenters. The van der Waals surface area contributed by atoms with Crippen LogP contribution in [0.3, 0.4) is 0 Å². The predicted octanol–water partition coefficient (Wildman–Crippen LogP) is 3.33. The van der Waals surface area contributed by atoms with Crippen LogP contribution in [0, 0.1) is 0 Å². The van der Waals surface area contributed by atoms with Crippen LogP contribution < -0.4 is 9.47 Å². The van der Waals surface area contributed by atoms with Crippen molar-refractivity contribution in [1.29, 1.82) is 0 Å². The maximum atomic E-state index is 12.3. The Morgan fingerprint density at radius 3 is 2.68 bits per heavy atom. The van der Waals surface area contributed by atoms with Crippen LogP contribution in [-0.2, 0) is 11.3 Å².